The van der Waals surface area contributed by atoms with Crippen molar-refractivity contribution in [2.75, 3.05) is 19.7 Å². The highest BCUT2D eigenvalue weighted by Crippen LogP contribution is 2.40. The van der Waals surface area contributed by atoms with Crippen molar-refractivity contribution in [2.24, 2.45) is 11.3 Å². The number of hydrogen-bond donors (Lipinski definition) is 2. The third-order valence-corrected chi connectivity index (χ3v) is 5.72. The highest BCUT2D eigenvalue weighted by Gasteiger charge is 2.30. The Hall–Kier alpha value is -1.56. The van der Waals surface area contributed by atoms with Crippen LogP contribution in [0.1, 0.15) is 54.2 Å². The van der Waals surface area contributed by atoms with Crippen LogP contribution >= 0.6 is 11.3 Å². The fourth-order valence-electron chi connectivity index (χ4n) is 2.98. The Bertz CT molecular complexity index is 590. The largest absolute Gasteiger partial charge is 0.450 e. The van der Waals surface area contributed by atoms with Crippen LogP contribution in [0, 0.1) is 11.3 Å². The van der Waals surface area contributed by atoms with Gasteiger partial charge in [0.05, 0.1) is 11.5 Å². The van der Waals surface area contributed by atoms with Crippen molar-refractivity contribution in [1.29, 1.82) is 0 Å². The Balaban J connectivity index is 1.84. The average Bonchev–Trinajstić information content (AvgIpc) is 2.94. The van der Waals surface area contributed by atoms with E-state index in [1.165, 1.54) is 16.9 Å². The van der Waals surface area contributed by atoms with Gasteiger partial charge in [0.2, 0.25) is 0 Å². The topological polar surface area (TPSA) is 67.4 Å². The van der Waals surface area contributed by atoms with E-state index in [9.17, 15) is 9.59 Å². The van der Waals surface area contributed by atoms with Crippen molar-refractivity contribution in [3.63, 3.8) is 0 Å². The molecule has 6 heteroatoms. The van der Waals surface area contributed by atoms with Gasteiger partial charge < -0.3 is 15.4 Å². The third kappa shape index (κ3) is 4.97. The minimum absolute atomic E-state index is 0.0626. The molecule has 1 aliphatic carbocycles. The summed E-state index contributed by atoms with van der Waals surface area (Å²) in [5.41, 5.74) is 1.64. The quantitative estimate of drug-likeness (QED) is 0.798. The van der Waals surface area contributed by atoms with Gasteiger partial charge in [-0.1, -0.05) is 20.8 Å². The number of hydrogen-bond acceptors (Lipinski definition) is 4. The van der Waals surface area contributed by atoms with E-state index in [1.807, 2.05) is 6.07 Å². The van der Waals surface area contributed by atoms with E-state index in [0.29, 0.717) is 31.0 Å². The molecule has 0 aliphatic heterocycles. The van der Waals surface area contributed by atoms with Crippen LogP contribution in [0.3, 0.4) is 0 Å². The highest BCUT2D eigenvalue weighted by atomic mass is 32.1. The monoisotopic (exact) mass is 352 g/mol. The number of carbonyl (C=O) groups is 2. The van der Waals surface area contributed by atoms with Gasteiger partial charge in [-0.3, -0.25) is 4.79 Å². The van der Waals surface area contributed by atoms with Crippen LogP contribution in [-0.4, -0.2) is 31.7 Å². The molecule has 1 heterocycles. The van der Waals surface area contributed by atoms with Crippen molar-refractivity contribution in [2.45, 2.75) is 47.0 Å². The van der Waals surface area contributed by atoms with Gasteiger partial charge in [0.1, 0.15) is 0 Å². The lowest BCUT2D eigenvalue weighted by Gasteiger charge is -2.33. The second kappa shape index (κ2) is 8.01. The van der Waals surface area contributed by atoms with Gasteiger partial charge in [-0.05, 0) is 49.1 Å². The van der Waals surface area contributed by atoms with E-state index in [-0.39, 0.29) is 5.91 Å². The summed E-state index contributed by atoms with van der Waals surface area (Å²) in [6.07, 6.45) is 2.88. The molecule has 24 heavy (non-hydrogen) atoms. The molecule has 1 aliphatic rings. The molecule has 0 bridgehead atoms. The number of nitrogens with one attached hydrogen (secondary N) is 2. The normalized spacial score (nSPS) is 17.1. The Kier molecular flexibility index (Phi) is 6.27. The summed E-state index contributed by atoms with van der Waals surface area (Å²) < 4.78 is 4.77. The fourth-order valence-corrected chi connectivity index (χ4v) is 4.11. The van der Waals surface area contributed by atoms with Gasteiger partial charge in [0, 0.05) is 18.0 Å². The molecule has 2 rings (SSSR count). The number of thiophene rings is 1. The molecule has 0 fully saturated rings. The Morgan fingerprint density at radius 1 is 1.29 bits per heavy atom. The van der Waals surface area contributed by atoms with Gasteiger partial charge in [-0.25, -0.2) is 4.79 Å². The molecule has 0 spiro atoms. The highest BCUT2D eigenvalue weighted by molar-refractivity contribution is 7.14. The van der Waals surface area contributed by atoms with Gasteiger partial charge in [-0.2, -0.15) is 0 Å². The minimum Gasteiger partial charge on any atom is -0.450 e. The SMILES string of the molecule is CCOC(=O)NCCNC(=O)c1cc2c(s1)CCC(C(C)(C)C)C2. The molecule has 1 aromatic heterocycles. The van der Waals surface area contributed by atoms with Crippen LogP contribution in [0.15, 0.2) is 6.07 Å². The molecule has 1 atom stereocenters. The zero-order valence-electron chi connectivity index (χ0n) is 15.0. The molecule has 1 unspecified atom stereocenters. The maximum absolute atomic E-state index is 12.3. The van der Waals surface area contributed by atoms with Gasteiger partial charge in [0.15, 0.2) is 0 Å². The summed E-state index contributed by atoms with van der Waals surface area (Å²) in [5.74, 6) is 0.608. The smallest absolute Gasteiger partial charge is 0.407 e. The lowest BCUT2D eigenvalue weighted by molar-refractivity contribution is 0.0956. The Labute approximate surface area is 148 Å². The first-order chi connectivity index (χ1) is 11.3. The van der Waals surface area contributed by atoms with Crippen LogP contribution < -0.4 is 10.6 Å². The molecule has 0 saturated heterocycles. The molecular weight excluding hydrogens is 324 g/mol. The Morgan fingerprint density at radius 2 is 2.00 bits per heavy atom. The second-order valence-electron chi connectivity index (χ2n) is 7.27. The van der Waals surface area contributed by atoms with Crippen molar-refractivity contribution in [1.82, 2.24) is 10.6 Å². The molecule has 2 amide bonds. The predicted octanol–water partition coefficient (Wildman–Crippen LogP) is 3.38. The third-order valence-electron chi connectivity index (χ3n) is 4.49. The molecule has 5 nitrogen and oxygen atoms in total. The van der Waals surface area contributed by atoms with Crippen LogP contribution in [0.4, 0.5) is 4.79 Å². The van der Waals surface area contributed by atoms with Crippen molar-refractivity contribution >= 4 is 23.3 Å². The van der Waals surface area contributed by atoms with Crippen LogP contribution in [0.25, 0.3) is 0 Å². The zero-order valence-corrected chi connectivity index (χ0v) is 15.8. The number of fused-ring (bicyclic) bond motifs is 1. The zero-order chi connectivity index (χ0) is 17.7. The average molecular weight is 353 g/mol. The number of rotatable bonds is 5. The van der Waals surface area contributed by atoms with E-state index in [4.69, 9.17) is 4.74 Å². The molecular formula is C18H28N2O3S. The molecule has 0 aromatic carbocycles. The number of ether oxygens (including phenoxy) is 1. The number of amides is 2. The predicted molar refractivity (Wildman–Crippen MR) is 96.6 cm³/mol. The fraction of sp³-hybridized carbons (Fsp3) is 0.667. The summed E-state index contributed by atoms with van der Waals surface area (Å²) in [5, 5.41) is 5.44. The van der Waals surface area contributed by atoms with Gasteiger partial charge >= 0.3 is 6.09 Å². The second-order valence-corrected chi connectivity index (χ2v) is 8.40. The molecule has 134 valence electrons. The van der Waals surface area contributed by atoms with E-state index in [1.54, 1.807) is 18.3 Å². The van der Waals surface area contributed by atoms with E-state index >= 15 is 0 Å². The first-order valence-corrected chi connectivity index (χ1v) is 9.43. The lowest BCUT2D eigenvalue weighted by Crippen LogP contribution is -2.34. The lowest BCUT2D eigenvalue weighted by atomic mass is 9.72. The number of alkyl carbamates (subject to hydrolysis) is 1. The van der Waals surface area contributed by atoms with Crippen molar-refractivity contribution < 1.29 is 14.3 Å². The van der Waals surface area contributed by atoms with E-state index in [0.717, 1.165) is 17.7 Å². The van der Waals surface area contributed by atoms with Crippen molar-refractivity contribution in [3.8, 4) is 0 Å². The van der Waals surface area contributed by atoms with Crippen LogP contribution in [-0.2, 0) is 17.6 Å². The summed E-state index contributed by atoms with van der Waals surface area (Å²) in [6, 6.07) is 2.05. The first-order valence-electron chi connectivity index (χ1n) is 8.61. The first kappa shape index (κ1) is 18.8. The summed E-state index contributed by atoms with van der Waals surface area (Å²) >= 11 is 1.60. The van der Waals surface area contributed by atoms with Crippen LogP contribution in [0.5, 0.6) is 0 Å². The minimum atomic E-state index is -0.452. The summed E-state index contributed by atoms with van der Waals surface area (Å²) in [4.78, 5) is 25.5. The maximum atomic E-state index is 12.3. The summed E-state index contributed by atoms with van der Waals surface area (Å²) in [6.45, 7) is 9.73. The van der Waals surface area contributed by atoms with Crippen molar-refractivity contribution in [3.05, 3.63) is 21.4 Å². The number of aryl methyl sites for hydroxylation is 1. The van der Waals surface area contributed by atoms with E-state index < -0.39 is 6.09 Å². The van der Waals surface area contributed by atoms with E-state index in [2.05, 4.69) is 31.4 Å². The molecule has 0 radical (unpaired) electrons. The number of carbonyl (C=O) groups excluding carboxylic acids is 2. The maximum Gasteiger partial charge on any atom is 0.407 e. The molecule has 1 aromatic rings. The van der Waals surface area contributed by atoms with Crippen LogP contribution in [0.2, 0.25) is 0 Å². The molecule has 0 saturated carbocycles. The standard InChI is InChI=1S/C18H28N2O3S/c1-5-23-17(22)20-9-8-19-16(21)15-11-12-10-13(18(2,3)4)6-7-14(12)24-15/h11,13H,5-10H2,1-4H3,(H,19,21)(H,20,22). The molecule has 2 N–H and O–H groups in total. The van der Waals surface area contributed by atoms with Gasteiger partial charge in [-0.15, -0.1) is 11.3 Å². The summed E-state index contributed by atoms with van der Waals surface area (Å²) in [7, 11) is 0. The van der Waals surface area contributed by atoms with Gasteiger partial charge in [0.25, 0.3) is 5.91 Å². The Morgan fingerprint density at radius 3 is 2.67 bits per heavy atom.